The number of ether oxygens (including phenoxy) is 2. The van der Waals surface area contributed by atoms with Crippen LogP contribution in [-0.2, 0) is 32.3 Å². The zero-order valence-corrected chi connectivity index (χ0v) is 33.1. The Morgan fingerprint density at radius 2 is 0.879 bits per heavy atom. The molecule has 2 atom stereocenters. The lowest BCUT2D eigenvalue weighted by Crippen LogP contribution is -2.32. The lowest BCUT2D eigenvalue weighted by molar-refractivity contribution is -0.147. The smallest absolute Gasteiger partial charge is 0.345 e. The Hall–Kier alpha value is -5.66. The van der Waals surface area contributed by atoms with Crippen LogP contribution in [0, 0.1) is 25.7 Å². The maximum Gasteiger partial charge on any atom is 0.345 e. The second-order valence-electron chi connectivity index (χ2n) is 15.0. The number of aryl methyl sites for hydroxylation is 2. The van der Waals surface area contributed by atoms with E-state index in [1.54, 1.807) is 65.8 Å². The quantitative estimate of drug-likeness (QED) is 0.0326. The van der Waals surface area contributed by atoms with Crippen LogP contribution in [0.2, 0.25) is 0 Å². The molecule has 58 heavy (non-hydrogen) atoms. The normalized spacial score (nSPS) is 12.2. The number of benzene rings is 2. The Balaban J connectivity index is 0.00000580. The molecule has 0 fully saturated rings. The lowest BCUT2D eigenvalue weighted by atomic mass is 10.0. The molecule has 2 aromatic heterocycles. The molecule has 4 rings (SSSR count). The van der Waals surface area contributed by atoms with E-state index in [-0.39, 0.29) is 49.3 Å². The van der Waals surface area contributed by atoms with Gasteiger partial charge in [0.15, 0.2) is 12.2 Å². The number of nitrogens with zero attached hydrogens (tertiary/aromatic N) is 2. The van der Waals surface area contributed by atoms with Gasteiger partial charge in [0.2, 0.25) is 0 Å². The SMILES string of the molecule is C.C.Cc1c(C(=O)C(N)=O)c2c(OC(C(=O)O)C(C)C)cccc2n1CCCCCCCCCCn1c(C)c(C(=O)C(N)=O)c2c(OC(C(=O)O)C(C)C)cccc21. The molecule has 0 saturated heterocycles. The van der Waals surface area contributed by atoms with Crippen molar-refractivity contribution in [1.82, 2.24) is 9.13 Å². The van der Waals surface area contributed by atoms with Crippen LogP contribution in [0.5, 0.6) is 11.5 Å². The summed E-state index contributed by atoms with van der Waals surface area (Å²) in [7, 11) is 0. The standard InChI is InChI=1S/C42H54N4O10.2CH4/c1-23(2)37(41(51)52)55-29-19-15-17-27-33(29)31(35(47)39(43)49)25(5)45(27)21-13-11-9-7-8-10-12-14-22-46-26(6)32(36(48)40(44)50)34-28(46)18-16-20-30(34)56-38(24(3)4)42(53)54;;/h15-20,23-24,37-38H,7-14,21-22H2,1-6H3,(H2,43,49)(H2,44,50)(H,51,52)(H,53,54);2*1H4. The molecule has 318 valence electrons. The molecule has 2 aromatic carbocycles. The van der Waals surface area contributed by atoms with E-state index in [0.717, 1.165) is 51.4 Å². The number of fused-ring (bicyclic) bond motifs is 2. The highest BCUT2D eigenvalue weighted by atomic mass is 16.5. The summed E-state index contributed by atoms with van der Waals surface area (Å²) >= 11 is 0. The van der Waals surface area contributed by atoms with Gasteiger partial charge in [-0.05, 0) is 51.0 Å². The van der Waals surface area contributed by atoms with Gasteiger partial charge >= 0.3 is 11.9 Å². The number of aliphatic carboxylic acids is 2. The average molecular weight is 807 g/mol. The molecule has 2 unspecified atom stereocenters. The molecule has 0 bridgehead atoms. The first kappa shape index (κ1) is 48.5. The summed E-state index contributed by atoms with van der Waals surface area (Å²) in [6.07, 6.45) is 5.20. The van der Waals surface area contributed by atoms with Crippen LogP contribution < -0.4 is 20.9 Å². The minimum atomic E-state index is -1.15. The Kier molecular flexibility index (Phi) is 17.7. The first-order valence-electron chi connectivity index (χ1n) is 19.2. The first-order valence-corrected chi connectivity index (χ1v) is 19.2. The van der Waals surface area contributed by atoms with E-state index < -0.39 is 47.5 Å². The van der Waals surface area contributed by atoms with Gasteiger partial charge in [0, 0.05) is 36.3 Å². The van der Waals surface area contributed by atoms with Crippen molar-refractivity contribution in [2.24, 2.45) is 23.3 Å². The number of aromatic nitrogens is 2. The molecule has 0 spiro atoms. The van der Waals surface area contributed by atoms with Gasteiger partial charge in [-0.1, -0.05) is 93.2 Å². The van der Waals surface area contributed by atoms with Crippen LogP contribution in [-0.4, -0.2) is 66.9 Å². The predicted molar refractivity (Wildman–Crippen MR) is 225 cm³/mol. The zero-order valence-electron chi connectivity index (χ0n) is 33.1. The summed E-state index contributed by atoms with van der Waals surface area (Å²) < 4.78 is 15.8. The van der Waals surface area contributed by atoms with E-state index in [1.807, 2.05) is 21.3 Å². The topological polar surface area (TPSA) is 223 Å². The number of carboxylic acid groups (broad SMARTS) is 2. The molecule has 0 aliphatic heterocycles. The van der Waals surface area contributed by atoms with E-state index in [1.165, 1.54) is 0 Å². The second-order valence-corrected chi connectivity index (χ2v) is 15.0. The molecule has 0 aliphatic carbocycles. The van der Waals surface area contributed by atoms with Crippen molar-refractivity contribution >= 4 is 57.1 Å². The van der Waals surface area contributed by atoms with Crippen molar-refractivity contribution in [2.45, 2.75) is 133 Å². The van der Waals surface area contributed by atoms with Crippen molar-refractivity contribution in [3.8, 4) is 11.5 Å². The number of rotatable bonds is 23. The summed E-state index contributed by atoms with van der Waals surface area (Å²) in [5.41, 5.74) is 13.5. The summed E-state index contributed by atoms with van der Waals surface area (Å²) in [4.78, 5) is 73.8. The highest BCUT2D eigenvalue weighted by Crippen LogP contribution is 2.37. The van der Waals surface area contributed by atoms with Crippen LogP contribution in [0.15, 0.2) is 36.4 Å². The summed E-state index contributed by atoms with van der Waals surface area (Å²) in [6, 6.07) is 10.3. The minimum Gasteiger partial charge on any atom is -0.478 e. The Bertz CT molecular complexity index is 1980. The van der Waals surface area contributed by atoms with E-state index in [9.17, 15) is 39.0 Å². The molecule has 14 heteroatoms. The third-order valence-corrected chi connectivity index (χ3v) is 10.2. The number of hydrogen-bond donors (Lipinski definition) is 4. The number of primary amides is 2. The molecular formula is C44H62N4O10. The van der Waals surface area contributed by atoms with Crippen molar-refractivity contribution in [2.75, 3.05) is 0 Å². The van der Waals surface area contributed by atoms with Gasteiger partial charge in [-0.3, -0.25) is 19.2 Å². The van der Waals surface area contributed by atoms with Gasteiger partial charge < -0.3 is 40.3 Å². The Morgan fingerprint density at radius 1 is 0.569 bits per heavy atom. The average Bonchev–Trinajstić information content (AvgIpc) is 3.58. The molecule has 0 radical (unpaired) electrons. The predicted octanol–water partition coefficient (Wildman–Crippen LogP) is 7.62. The Morgan fingerprint density at radius 3 is 1.16 bits per heavy atom. The van der Waals surface area contributed by atoms with Gasteiger partial charge in [-0.25, -0.2) is 9.59 Å². The van der Waals surface area contributed by atoms with Crippen molar-refractivity contribution in [1.29, 1.82) is 0 Å². The number of carbonyl (C=O) groups excluding carboxylic acids is 4. The fourth-order valence-corrected chi connectivity index (χ4v) is 7.38. The van der Waals surface area contributed by atoms with Crippen molar-refractivity contribution < 1.29 is 48.5 Å². The fraction of sp³-hybridized carbons (Fsp3) is 0.500. The minimum absolute atomic E-state index is 0. The van der Waals surface area contributed by atoms with Crippen LogP contribution >= 0.6 is 0 Å². The maximum absolute atomic E-state index is 13.0. The maximum atomic E-state index is 13.0. The molecule has 0 aliphatic rings. The number of hydrogen-bond acceptors (Lipinski definition) is 8. The largest absolute Gasteiger partial charge is 0.478 e. The van der Waals surface area contributed by atoms with Crippen LogP contribution in [0.4, 0.5) is 0 Å². The highest BCUT2D eigenvalue weighted by Gasteiger charge is 2.31. The van der Waals surface area contributed by atoms with Gasteiger partial charge in [-0.15, -0.1) is 0 Å². The van der Waals surface area contributed by atoms with Crippen molar-refractivity contribution in [3.05, 3.63) is 58.9 Å². The first-order chi connectivity index (χ1) is 26.5. The highest BCUT2D eigenvalue weighted by molar-refractivity contribution is 6.45. The second kappa shape index (κ2) is 21.2. The fourth-order valence-electron chi connectivity index (χ4n) is 7.38. The number of unbranched alkanes of at least 4 members (excludes halogenated alkanes) is 7. The van der Waals surface area contributed by atoms with E-state index in [0.29, 0.717) is 46.3 Å². The molecule has 2 heterocycles. The summed E-state index contributed by atoms with van der Waals surface area (Å²) in [5, 5.41) is 20.2. The number of ketones is 2. The van der Waals surface area contributed by atoms with E-state index >= 15 is 0 Å². The van der Waals surface area contributed by atoms with Gasteiger partial charge in [-0.2, -0.15) is 0 Å². The van der Waals surface area contributed by atoms with Gasteiger partial charge in [0.05, 0.1) is 32.9 Å². The molecule has 0 saturated carbocycles. The third kappa shape index (κ3) is 10.6. The van der Waals surface area contributed by atoms with Crippen molar-refractivity contribution in [3.63, 3.8) is 0 Å². The molecule has 6 N–H and O–H groups in total. The molecular weight excluding hydrogens is 745 g/mol. The molecule has 2 amide bonds. The number of Topliss-reactive ketones (excluding diaryl/α,β-unsaturated/α-hetero) is 2. The van der Waals surface area contributed by atoms with Gasteiger partial charge in [0.25, 0.3) is 23.4 Å². The number of carbonyl (C=O) groups is 6. The number of amides is 2. The third-order valence-electron chi connectivity index (χ3n) is 10.2. The van der Waals surface area contributed by atoms with Crippen LogP contribution in [0.1, 0.15) is 126 Å². The van der Waals surface area contributed by atoms with Crippen LogP contribution in [0.25, 0.3) is 21.8 Å². The monoisotopic (exact) mass is 806 g/mol. The zero-order chi connectivity index (χ0) is 41.4. The number of nitrogens with two attached hydrogens (primary N) is 2. The lowest BCUT2D eigenvalue weighted by Gasteiger charge is -2.19. The Labute approximate surface area is 340 Å². The van der Waals surface area contributed by atoms with E-state index in [4.69, 9.17) is 20.9 Å². The van der Waals surface area contributed by atoms with Crippen LogP contribution in [0.3, 0.4) is 0 Å². The van der Waals surface area contributed by atoms with E-state index in [2.05, 4.69) is 0 Å². The molecule has 4 aromatic rings. The number of carboxylic acids is 2. The molecule has 14 nitrogen and oxygen atoms in total. The van der Waals surface area contributed by atoms with Gasteiger partial charge in [0.1, 0.15) is 11.5 Å². The summed E-state index contributed by atoms with van der Waals surface area (Å²) in [5.74, 6) is -6.44. The summed E-state index contributed by atoms with van der Waals surface area (Å²) in [6.45, 7) is 11.6.